The van der Waals surface area contributed by atoms with Crippen LogP contribution >= 0.6 is 0 Å². The van der Waals surface area contributed by atoms with Crippen LogP contribution in [0.4, 0.5) is 0 Å². The summed E-state index contributed by atoms with van der Waals surface area (Å²) in [7, 11) is -2.50. The topological polar surface area (TPSA) is 102 Å². The van der Waals surface area contributed by atoms with Gasteiger partial charge in [-0.05, 0) is 42.4 Å². The molecule has 0 fully saturated rings. The van der Waals surface area contributed by atoms with E-state index in [-0.39, 0.29) is 16.2 Å². The molecule has 2 aromatic rings. The number of nitrogens with two attached hydrogens (primary N) is 1. The molecule has 0 spiro atoms. The van der Waals surface area contributed by atoms with E-state index >= 15 is 0 Å². The summed E-state index contributed by atoms with van der Waals surface area (Å²) in [5.41, 5.74) is 2.27. The van der Waals surface area contributed by atoms with Crippen molar-refractivity contribution in [3.63, 3.8) is 0 Å². The average Bonchev–Trinajstić information content (AvgIpc) is 2.69. The van der Waals surface area contributed by atoms with E-state index in [1.54, 1.807) is 0 Å². The van der Waals surface area contributed by atoms with Crippen molar-refractivity contribution < 1.29 is 17.9 Å². The Kier molecular flexibility index (Phi) is 7.56. The van der Waals surface area contributed by atoms with E-state index in [2.05, 4.69) is 24.1 Å². The maximum Gasteiger partial charge on any atom is 0.255 e. The van der Waals surface area contributed by atoms with Gasteiger partial charge in [-0.3, -0.25) is 9.69 Å². The van der Waals surface area contributed by atoms with Crippen LogP contribution in [-0.2, 0) is 23.1 Å². The maximum atomic E-state index is 12.5. The Balaban J connectivity index is 2.08. The zero-order chi connectivity index (χ0) is 20.7. The third-order valence-corrected chi connectivity index (χ3v) is 5.43. The van der Waals surface area contributed by atoms with Crippen molar-refractivity contribution in [3.8, 4) is 5.75 Å². The lowest BCUT2D eigenvalue weighted by molar-refractivity contribution is 0.0947. The Morgan fingerprint density at radius 2 is 1.68 bits per heavy atom. The molecule has 7 nitrogen and oxygen atoms in total. The molecule has 0 radical (unpaired) electrons. The molecule has 0 atom stereocenters. The van der Waals surface area contributed by atoms with Crippen molar-refractivity contribution in [1.82, 2.24) is 10.2 Å². The van der Waals surface area contributed by atoms with E-state index in [4.69, 9.17) is 9.88 Å². The molecule has 152 valence electrons. The second-order valence-electron chi connectivity index (χ2n) is 6.37. The number of carbonyl (C=O) groups excluding carboxylic acids is 1. The zero-order valence-corrected chi connectivity index (χ0v) is 17.3. The van der Waals surface area contributed by atoms with E-state index in [0.29, 0.717) is 6.54 Å². The van der Waals surface area contributed by atoms with Gasteiger partial charge in [-0.1, -0.05) is 38.1 Å². The third kappa shape index (κ3) is 5.79. The van der Waals surface area contributed by atoms with Crippen LogP contribution in [0.1, 0.15) is 35.3 Å². The third-order valence-electron chi connectivity index (χ3n) is 4.52. The number of amides is 1. The van der Waals surface area contributed by atoms with Crippen LogP contribution in [0.3, 0.4) is 0 Å². The first-order chi connectivity index (χ1) is 13.3. The molecule has 0 aliphatic carbocycles. The fourth-order valence-corrected chi connectivity index (χ4v) is 3.33. The summed E-state index contributed by atoms with van der Waals surface area (Å²) in [5, 5.41) is 7.93. The number of nitrogens with zero attached hydrogens (tertiary/aromatic N) is 1. The van der Waals surface area contributed by atoms with Crippen molar-refractivity contribution in [3.05, 3.63) is 59.2 Å². The van der Waals surface area contributed by atoms with Crippen LogP contribution < -0.4 is 15.2 Å². The smallest absolute Gasteiger partial charge is 0.255 e. The van der Waals surface area contributed by atoms with Gasteiger partial charge in [-0.15, -0.1) is 0 Å². The van der Waals surface area contributed by atoms with E-state index < -0.39 is 15.9 Å². The molecule has 0 heterocycles. The number of nitrogens with one attached hydrogen (secondary N) is 1. The molecule has 0 aliphatic rings. The van der Waals surface area contributed by atoms with E-state index in [0.717, 1.165) is 25.2 Å². The van der Waals surface area contributed by atoms with Crippen LogP contribution in [0.5, 0.6) is 5.75 Å². The van der Waals surface area contributed by atoms with Crippen molar-refractivity contribution in [2.24, 2.45) is 5.14 Å². The van der Waals surface area contributed by atoms with Crippen LogP contribution in [0.25, 0.3) is 0 Å². The lowest BCUT2D eigenvalue weighted by atomic mass is 10.1. The van der Waals surface area contributed by atoms with Gasteiger partial charge in [0.25, 0.3) is 5.91 Å². The number of hydrogen-bond donors (Lipinski definition) is 2. The molecule has 0 saturated carbocycles. The normalized spacial score (nSPS) is 11.5. The van der Waals surface area contributed by atoms with Gasteiger partial charge in [0.2, 0.25) is 10.0 Å². The Bertz CT molecular complexity index is 908. The molecule has 2 rings (SSSR count). The van der Waals surface area contributed by atoms with Gasteiger partial charge in [0.05, 0.1) is 17.6 Å². The quantitative estimate of drug-likeness (QED) is 0.665. The summed E-state index contributed by atoms with van der Waals surface area (Å²) in [6.07, 6.45) is 0. The first-order valence-electron chi connectivity index (χ1n) is 9.07. The number of ether oxygens (including phenoxy) is 1. The van der Waals surface area contributed by atoms with E-state index in [1.165, 1.54) is 30.9 Å². The lowest BCUT2D eigenvalue weighted by Crippen LogP contribution is -2.24. The van der Waals surface area contributed by atoms with Gasteiger partial charge >= 0.3 is 0 Å². The Morgan fingerprint density at radius 3 is 2.21 bits per heavy atom. The van der Waals surface area contributed by atoms with E-state index in [9.17, 15) is 13.2 Å². The zero-order valence-electron chi connectivity index (χ0n) is 16.4. The SMILES string of the molecule is CCN(CC)Cc1ccc(CNC(=O)c2cc(S(N)(=O)=O)ccc2OC)cc1. The highest BCUT2D eigenvalue weighted by Gasteiger charge is 2.17. The van der Waals surface area contributed by atoms with Crippen molar-refractivity contribution in [2.75, 3.05) is 20.2 Å². The average molecular weight is 406 g/mol. The van der Waals surface area contributed by atoms with Crippen LogP contribution in [-0.4, -0.2) is 39.4 Å². The molecule has 0 bridgehead atoms. The van der Waals surface area contributed by atoms with Crippen LogP contribution in [0.2, 0.25) is 0 Å². The molecule has 1 amide bonds. The van der Waals surface area contributed by atoms with Gasteiger partial charge in [0, 0.05) is 13.1 Å². The predicted octanol–water partition coefficient (Wildman–Crippen LogP) is 2.11. The summed E-state index contributed by atoms with van der Waals surface area (Å²) in [6.45, 7) is 7.45. The number of methoxy groups -OCH3 is 1. The Labute approximate surface area is 166 Å². The Morgan fingerprint density at radius 1 is 1.07 bits per heavy atom. The minimum atomic E-state index is -3.91. The van der Waals surface area contributed by atoms with Crippen molar-refractivity contribution in [1.29, 1.82) is 0 Å². The second-order valence-corrected chi connectivity index (χ2v) is 7.93. The molecule has 2 aromatic carbocycles. The molecule has 0 unspecified atom stereocenters. The second kappa shape index (κ2) is 9.68. The summed E-state index contributed by atoms with van der Waals surface area (Å²) in [6, 6.07) is 12.0. The first kappa shape index (κ1) is 21.9. The number of primary sulfonamides is 1. The highest BCUT2D eigenvalue weighted by molar-refractivity contribution is 7.89. The molecule has 3 N–H and O–H groups in total. The number of sulfonamides is 1. The van der Waals surface area contributed by atoms with Crippen LogP contribution in [0.15, 0.2) is 47.4 Å². The minimum Gasteiger partial charge on any atom is -0.496 e. The largest absolute Gasteiger partial charge is 0.496 e. The van der Waals surface area contributed by atoms with Gasteiger partial charge in [-0.2, -0.15) is 0 Å². The fraction of sp³-hybridized carbons (Fsp3) is 0.350. The van der Waals surface area contributed by atoms with Crippen LogP contribution in [0, 0.1) is 0 Å². The molecular weight excluding hydrogens is 378 g/mol. The summed E-state index contributed by atoms with van der Waals surface area (Å²) >= 11 is 0. The Hall–Kier alpha value is -2.42. The standard InChI is InChI=1S/C20H27N3O4S/c1-4-23(5-2)14-16-8-6-15(7-9-16)13-22-20(24)18-12-17(28(21,25)26)10-11-19(18)27-3/h6-12H,4-5,13-14H2,1-3H3,(H,22,24)(H2,21,25,26). The molecule has 0 aromatic heterocycles. The van der Waals surface area contributed by atoms with Gasteiger partial charge in [-0.25, -0.2) is 13.6 Å². The highest BCUT2D eigenvalue weighted by Crippen LogP contribution is 2.22. The number of carbonyl (C=O) groups is 1. The predicted molar refractivity (Wildman–Crippen MR) is 109 cm³/mol. The lowest BCUT2D eigenvalue weighted by Gasteiger charge is -2.18. The van der Waals surface area contributed by atoms with Gasteiger partial charge in [0.15, 0.2) is 0 Å². The van der Waals surface area contributed by atoms with Gasteiger partial charge in [0.1, 0.15) is 5.75 Å². The van der Waals surface area contributed by atoms with Crippen molar-refractivity contribution >= 4 is 15.9 Å². The molecular formula is C20H27N3O4S. The number of rotatable bonds is 9. The maximum absolute atomic E-state index is 12.5. The van der Waals surface area contributed by atoms with Crippen molar-refractivity contribution in [2.45, 2.75) is 31.8 Å². The monoisotopic (exact) mass is 405 g/mol. The highest BCUT2D eigenvalue weighted by atomic mass is 32.2. The van der Waals surface area contributed by atoms with E-state index in [1.807, 2.05) is 24.3 Å². The number of hydrogen-bond acceptors (Lipinski definition) is 5. The molecule has 8 heteroatoms. The summed E-state index contributed by atoms with van der Waals surface area (Å²) in [4.78, 5) is 14.7. The fourth-order valence-electron chi connectivity index (χ4n) is 2.79. The summed E-state index contributed by atoms with van der Waals surface area (Å²) in [5.74, 6) is -0.158. The molecule has 28 heavy (non-hydrogen) atoms. The summed E-state index contributed by atoms with van der Waals surface area (Å²) < 4.78 is 28.2. The molecule has 0 saturated heterocycles. The minimum absolute atomic E-state index is 0.118. The first-order valence-corrected chi connectivity index (χ1v) is 10.6. The van der Waals surface area contributed by atoms with Gasteiger partial charge < -0.3 is 10.1 Å². The molecule has 0 aliphatic heterocycles. The number of benzene rings is 2.